The van der Waals surface area contributed by atoms with Gasteiger partial charge in [0.05, 0.1) is 5.75 Å². The predicted octanol–water partition coefficient (Wildman–Crippen LogP) is 5.68. The first-order chi connectivity index (χ1) is 14.9. The number of nitrogens with zero attached hydrogens (tertiary/aromatic N) is 4. The maximum Gasteiger partial charge on any atom is 0.408 e. The summed E-state index contributed by atoms with van der Waals surface area (Å²) in [4.78, 5) is 16.5. The van der Waals surface area contributed by atoms with Crippen LogP contribution in [0.2, 0.25) is 5.02 Å². The molecule has 1 aromatic carbocycles. The number of hydrogen-bond acceptors (Lipinski definition) is 10. The number of hydrogen-bond donors (Lipinski definition) is 2. The number of halogens is 1. The average molecular weight is 497 g/mol. The SMILES string of the molecule is Cc1ccc(Nc2nnc(SCc3nc(C(C)(C)NC(=O)OC(C)(C)C)no3)s2)cc1Cl. The third kappa shape index (κ3) is 6.81. The second-order valence-electron chi connectivity index (χ2n) is 8.51. The van der Waals surface area contributed by atoms with Gasteiger partial charge in [0.25, 0.3) is 0 Å². The van der Waals surface area contributed by atoms with E-state index in [4.69, 9.17) is 20.9 Å². The molecule has 2 heterocycles. The van der Waals surface area contributed by atoms with Gasteiger partial charge in [-0.25, -0.2) is 4.79 Å². The van der Waals surface area contributed by atoms with Gasteiger partial charge >= 0.3 is 6.09 Å². The largest absolute Gasteiger partial charge is 0.444 e. The number of nitrogens with one attached hydrogen (secondary N) is 2. The van der Waals surface area contributed by atoms with Crippen molar-refractivity contribution in [3.05, 3.63) is 40.5 Å². The molecule has 0 saturated carbocycles. The van der Waals surface area contributed by atoms with E-state index in [9.17, 15) is 4.79 Å². The number of thioether (sulfide) groups is 1. The van der Waals surface area contributed by atoms with Crippen molar-refractivity contribution in [2.45, 2.75) is 62.8 Å². The fourth-order valence-electron chi connectivity index (χ4n) is 2.42. The number of aryl methyl sites for hydroxylation is 1. The Kier molecular flexibility index (Phi) is 7.31. The summed E-state index contributed by atoms with van der Waals surface area (Å²) >= 11 is 9.00. The van der Waals surface area contributed by atoms with Gasteiger partial charge in [-0.05, 0) is 59.2 Å². The molecule has 1 amide bonds. The van der Waals surface area contributed by atoms with Crippen LogP contribution in [0.5, 0.6) is 0 Å². The Morgan fingerprint density at radius 1 is 1.25 bits per heavy atom. The first-order valence-corrected chi connectivity index (χ1v) is 11.9. The lowest BCUT2D eigenvalue weighted by Gasteiger charge is -2.26. The molecule has 0 aliphatic rings. The number of anilines is 2. The second kappa shape index (κ2) is 9.63. The first-order valence-electron chi connectivity index (χ1n) is 9.75. The zero-order valence-corrected chi connectivity index (χ0v) is 21.0. The molecule has 0 saturated heterocycles. The van der Waals surface area contributed by atoms with Crippen molar-refractivity contribution in [1.29, 1.82) is 0 Å². The summed E-state index contributed by atoms with van der Waals surface area (Å²) in [6, 6.07) is 5.72. The Hall–Kier alpha value is -2.37. The van der Waals surface area contributed by atoms with Crippen LogP contribution in [-0.2, 0) is 16.0 Å². The smallest absolute Gasteiger partial charge is 0.408 e. The van der Waals surface area contributed by atoms with E-state index in [-0.39, 0.29) is 0 Å². The van der Waals surface area contributed by atoms with E-state index in [1.54, 1.807) is 34.6 Å². The number of carbonyl (C=O) groups is 1. The van der Waals surface area contributed by atoms with Gasteiger partial charge in [0, 0.05) is 10.7 Å². The molecule has 0 radical (unpaired) electrons. The van der Waals surface area contributed by atoms with Gasteiger partial charge in [0.2, 0.25) is 11.0 Å². The summed E-state index contributed by atoms with van der Waals surface area (Å²) < 4.78 is 11.4. The molecule has 32 heavy (non-hydrogen) atoms. The number of aromatic nitrogens is 4. The van der Waals surface area contributed by atoms with Crippen molar-refractivity contribution < 1.29 is 14.1 Å². The summed E-state index contributed by atoms with van der Waals surface area (Å²) in [5.74, 6) is 1.19. The van der Waals surface area contributed by atoms with Gasteiger partial charge in [-0.15, -0.1) is 10.2 Å². The maximum atomic E-state index is 12.1. The second-order valence-corrected chi connectivity index (χ2v) is 11.1. The van der Waals surface area contributed by atoms with Gasteiger partial charge in [-0.3, -0.25) is 0 Å². The lowest BCUT2D eigenvalue weighted by atomic mass is 10.1. The summed E-state index contributed by atoms with van der Waals surface area (Å²) in [7, 11) is 0. The molecule has 12 heteroatoms. The normalized spacial score (nSPS) is 12.0. The van der Waals surface area contributed by atoms with Crippen LogP contribution in [-0.4, -0.2) is 32.0 Å². The molecule has 0 unspecified atom stereocenters. The summed E-state index contributed by atoms with van der Waals surface area (Å²) in [6.45, 7) is 10.9. The lowest BCUT2D eigenvalue weighted by Crippen LogP contribution is -2.44. The Morgan fingerprint density at radius 3 is 2.69 bits per heavy atom. The molecule has 172 valence electrons. The molecule has 0 aliphatic heterocycles. The summed E-state index contributed by atoms with van der Waals surface area (Å²) in [5, 5.41) is 19.6. The summed E-state index contributed by atoms with van der Waals surface area (Å²) in [6.07, 6.45) is -0.549. The Balaban J connectivity index is 1.56. The Morgan fingerprint density at radius 2 is 2.00 bits per heavy atom. The topological polar surface area (TPSA) is 115 Å². The number of amides is 1. The molecular formula is C20H25ClN6O3S2. The fourth-order valence-corrected chi connectivity index (χ4v) is 4.21. The highest BCUT2D eigenvalue weighted by Gasteiger charge is 2.31. The molecule has 0 bridgehead atoms. The molecule has 3 rings (SSSR count). The van der Waals surface area contributed by atoms with Crippen molar-refractivity contribution in [2.75, 3.05) is 5.32 Å². The van der Waals surface area contributed by atoms with Gasteiger partial charge < -0.3 is 19.9 Å². The van der Waals surface area contributed by atoms with Gasteiger partial charge in [-0.1, -0.05) is 45.9 Å². The van der Waals surface area contributed by atoms with E-state index < -0.39 is 17.2 Å². The van der Waals surface area contributed by atoms with Crippen LogP contribution >= 0.6 is 34.7 Å². The zero-order valence-electron chi connectivity index (χ0n) is 18.6. The van der Waals surface area contributed by atoms with E-state index in [0.717, 1.165) is 15.6 Å². The molecule has 9 nitrogen and oxygen atoms in total. The molecule has 0 aliphatic carbocycles. The Labute approximate surface area is 199 Å². The molecular weight excluding hydrogens is 472 g/mol. The van der Waals surface area contributed by atoms with Crippen molar-refractivity contribution in [3.8, 4) is 0 Å². The minimum absolute atomic E-state index is 0.356. The molecule has 2 aromatic heterocycles. The van der Waals surface area contributed by atoms with E-state index in [1.807, 2.05) is 25.1 Å². The summed E-state index contributed by atoms with van der Waals surface area (Å²) in [5.41, 5.74) is 0.397. The van der Waals surface area contributed by atoms with Crippen LogP contribution in [0.25, 0.3) is 0 Å². The molecule has 0 atom stereocenters. The lowest BCUT2D eigenvalue weighted by molar-refractivity contribution is 0.0465. The average Bonchev–Trinajstić information content (AvgIpc) is 3.31. The minimum Gasteiger partial charge on any atom is -0.444 e. The quantitative estimate of drug-likeness (QED) is 0.398. The highest BCUT2D eigenvalue weighted by Crippen LogP contribution is 2.31. The Bertz CT molecular complexity index is 1090. The third-order valence-corrected chi connectivity index (χ3v) is 6.35. The highest BCUT2D eigenvalue weighted by molar-refractivity contribution is 8.00. The van der Waals surface area contributed by atoms with Gasteiger partial charge in [-0.2, -0.15) is 4.98 Å². The van der Waals surface area contributed by atoms with Crippen molar-refractivity contribution >= 4 is 51.6 Å². The van der Waals surface area contributed by atoms with Crippen molar-refractivity contribution in [1.82, 2.24) is 25.7 Å². The predicted molar refractivity (Wildman–Crippen MR) is 126 cm³/mol. The zero-order chi connectivity index (χ0) is 23.5. The first kappa shape index (κ1) is 24.3. The molecule has 2 N–H and O–H groups in total. The number of benzene rings is 1. The maximum absolute atomic E-state index is 12.1. The molecule has 3 aromatic rings. The van der Waals surface area contributed by atoms with Crippen LogP contribution < -0.4 is 10.6 Å². The fraction of sp³-hybridized carbons (Fsp3) is 0.450. The molecule has 0 spiro atoms. The number of rotatable bonds is 7. The van der Waals surface area contributed by atoms with Gasteiger partial charge in [0.15, 0.2) is 10.2 Å². The standard InChI is InChI=1S/C20H25ClN6O3S2/c1-11-7-8-12(9-13(11)21)22-16-25-26-18(32-16)31-10-14-23-15(27-30-14)20(5,6)24-17(28)29-19(2,3)4/h7-9H,10H2,1-6H3,(H,22,25)(H,24,28). The third-order valence-electron chi connectivity index (χ3n) is 3.99. The van der Waals surface area contributed by atoms with Gasteiger partial charge in [0.1, 0.15) is 11.1 Å². The van der Waals surface area contributed by atoms with Crippen LogP contribution in [0.15, 0.2) is 27.1 Å². The molecule has 0 fully saturated rings. The van der Waals surface area contributed by atoms with Crippen LogP contribution in [0, 0.1) is 6.92 Å². The monoisotopic (exact) mass is 496 g/mol. The van der Waals surface area contributed by atoms with Crippen molar-refractivity contribution in [2.24, 2.45) is 0 Å². The van der Waals surface area contributed by atoms with E-state index >= 15 is 0 Å². The van der Waals surface area contributed by atoms with E-state index in [0.29, 0.717) is 27.6 Å². The number of ether oxygens (including phenoxy) is 1. The number of alkyl carbamates (subject to hydrolysis) is 1. The van der Waals surface area contributed by atoms with Crippen LogP contribution in [0.3, 0.4) is 0 Å². The highest BCUT2D eigenvalue weighted by atomic mass is 35.5. The minimum atomic E-state index is -0.857. The van der Waals surface area contributed by atoms with Crippen molar-refractivity contribution in [3.63, 3.8) is 0 Å². The van der Waals surface area contributed by atoms with Crippen LogP contribution in [0.4, 0.5) is 15.6 Å². The number of carbonyl (C=O) groups excluding carboxylic acids is 1. The van der Waals surface area contributed by atoms with E-state index in [1.165, 1.54) is 23.1 Å². The van der Waals surface area contributed by atoms with Crippen LogP contribution in [0.1, 0.15) is 51.9 Å². The van der Waals surface area contributed by atoms with E-state index in [2.05, 4.69) is 31.0 Å².